The van der Waals surface area contributed by atoms with Gasteiger partial charge in [0.15, 0.2) is 0 Å². The van der Waals surface area contributed by atoms with Crippen molar-refractivity contribution in [1.29, 1.82) is 10.5 Å². The van der Waals surface area contributed by atoms with Crippen molar-refractivity contribution >= 4 is 29.6 Å². The largest absolute Gasteiger partial charge is 0 e. The normalized spacial score (nSPS) is 4.33. The molecule has 0 heterocycles. The maximum Gasteiger partial charge on any atom is 0 e. The summed E-state index contributed by atoms with van der Waals surface area (Å²) >= 11 is 0. The molecule has 0 unspecified atom stereocenters. The van der Waals surface area contributed by atoms with E-state index < -0.39 is 0 Å². The zero-order valence-corrected chi connectivity index (χ0v) is 6.35. The van der Waals surface area contributed by atoms with E-state index in [0.29, 0.717) is 0 Å². The Hall–Kier alpha value is 0.499. The summed E-state index contributed by atoms with van der Waals surface area (Å²) in [7, 11) is 0. The molecule has 0 N–H and O–H groups in total. The van der Waals surface area contributed by atoms with Gasteiger partial charge in [-0.2, -0.15) is 0 Å². The Kier molecular flexibility index (Phi) is 14.7. The van der Waals surface area contributed by atoms with Crippen LogP contribution < -0.4 is 0 Å². The molecule has 0 atom stereocenters. The second-order valence-electron chi connectivity index (χ2n) is 0.247. The monoisotopic (exact) mass is 131 g/mol. The predicted octanol–water partition coefficient (Wildman–Crippen LogP) is -0.350. The van der Waals surface area contributed by atoms with Gasteiger partial charge < -0.3 is 0 Å². The van der Waals surface area contributed by atoms with E-state index in [4.69, 9.17) is 10.5 Å². The van der Waals surface area contributed by atoms with Crippen LogP contribution in [0.5, 0.6) is 0 Å². The van der Waals surface area contributed by atoms with E-state index in [-0.39, 0.29) is 44.5 Å². The topological polar surface area (TPSA) is 47.6 Å². The Balaban J connectivity index is 0. The molecule has 0 amide bonds. The van der Waals surface area contributed by atoms with E-state index in [0.717, 1.165) is 0 Å². The van der Waals surface area contributed by atoms with E-state index in [9.17, 15) is 0 Å². The van der Waals surface area contributed by atoms with Crippen LogP contribution in [-0.4, -0.2) is 29.6 Å². The van der Waals surface area contributed by atoms with Gasteiger partial charge in [0.2, 0.25) is 0 Å². The summed E-state index contributed by atoms with van der Waals surface area (Å²) in [4.78, 5) is 3.31. The molecule has 0 aromatic rings. The summed E-state index contributed by atoms with van der Waals surface area (Å²) in [5.41, 5.74) is 0. The van der Waals surface area contributed by atoms with E-state index >= 15 is 0 Å². The summed E-state index contributed by atoms with van der Waals surface area (Å²) in [5, 5.41) is 15.2. The summed E-state index contributed by atoms with van der Waals surface area (Å²) in [6.45, 7) is 0. The first-order valence-corrected chi connectivity index (χ1v) is 1.90. The fourth-order valence-electron chi connectivity index (χ4n) is 0.0177. The molecule has 0 aliphatic heterocycles. The van der Waals surface area contributed by atoms with Crippen molar-refractivity contribution in [1.82, 2.24) is 0 Å². The standard InChI is InChI=1S/2CN.Fe.Na/c2*1-2;;. The minimum absolute atomic E-state index is 0. The molecule has 2 nitrogen and oxygen atoms in total. The number of nitrogens with zero attached hydrogens (tertiary/aromatic N) is 2. The third-order valence-electron chi connectivity index (χ3n) is 0.0791. The minimum atomic E-state index is 0. The van der Waals surface area contributed by atoms with Crippen LogP contribution in [0.3, 0.4) is 0 Å². The van der Waals surface area contributed by atoms with Crippen molar-refractivity contribution in [2.45, 2.75) is 0 Å². The van der Waals surface area contributed by atoms with Gasteiger partial charge in [0.25, 0.3) is 0 Å². The van der Waals surface area contributed by atoms with Crippen molar-refractivity contribution in [2.75, 3.05) is 0 Å². The smallest absolute Gasteiger partial charge is 0 e. The van der Waals surface area contributed by atoms with Gasteiger partial charge in [-0.3, -0.25) is 0 Å². The summed E-state index contributed by atoms with van der Waals surface area (Å²) in [6.07, 6.45) is 0. The Morgan fingerprint density at radius 2 is 1.50 bits per heavy atom. The fourth-order valence-corrected chi connectivity index (χ4v) is 0.0729. The SMILES string of the molecule is N#[C][Fe][C]#N.[Na]. The second kappa shape index (κ2) is 9.09. The zero-order valence-electron chi connectivity index (χ0n) is 3.25. The van der Waals surface area contributed by atoms with Crippen LogP contribution in [0.2, 0.25) is 0 Å². The van der Waals surface area contributed by atoms with Gasteiger partial charge in [-0.05, 0) is 0 Å². The Bertz CT molecular complexity index is 76.7. The average molecular weight is 131 g/mol. The molecular weight excluding hydrogens is 131 g/mol. The van der Waals surface area contributed by atoms with Crippen molar-refractivity contribution < 1.29 is 15.0 Å². The van der Waals surface area contributed by atoms with E-state index in [1.807, 2.05) is 0 Å². The van der Waals surface area contributed by atoms with Crippen LogP contribution in [0.1, 0.15) is 0 Å². The van der Waals surface area contributed by atoms with Gasteiger partial charge in [-0.15, -0.1) is 0 Å². The molecule has 1 radical (unpaired) electrons. The van der Waals surface area contributed by atoms with Crippen molar-refractivity contribution in [3.63, 3.8) is 0 Å². The van der Waals surface area contributed by atoms with Gasteiger partial charge in [-0.25, -0.2) is 0 Å². The Morgan fingerprint density at radius 3 is 1.50 bits per heavy atom. The third-order valence-corrected chi connectivity index (χ3v) is 0.326. The predicted molar refractivity (Wildman–Crippen MR) is 17.0 cm³/mol. The molecule has 27 valence electrons. The molecule has 4 heteroatoms. The second-order valence-corrected chi connectivity index (χ2v) is 1.02. The molecular formula is C2FeN2Na. The van der Waals surface area contributed by atoms with Gasteiger partial charge in [0.05, 0.1) is 0 Å². The molecule has 0 bridgehead atoms. The van der Waals surface area contributed by atoms with Crippen LogP contribution in [0.4, 0.5) is 0 Å². The summed E-state index contributed by atoms with van der Waals surface area (Å²) in [6, 6.07) is 0. The fraction of sp³-hybridized carbons (Fsp3) is 0. The first-order valence-electron chi connectivity index (χ1n) is 0.801. The molecule has 6 heavy (non-hydrogen) atoms. The summed E-state index contributed by atoms with van der Waals surface area (Å²) < 4.78 is 0. The summed E-state index contributed by atoms with van der Waals surface area (Å²) in [5.74, 6) is 0. The van der Waals surface area contributed by atoms with Crippen molar-refractivity contribution in [3.05, 3.63) is 0 Å². The Morgan fingerprint density at radius 1 is 1.17 bits per heavy atom. The number of rotatable bonds is 0. The number of hydrogen-bond donors (Lipinski definition) is 0. The van der Waals surface area contributed by atoms with Gasteiger partial charge >= 0.3 is 35.4 Å². The van der Waals surface area contributed by atoms with Gasteiger partial charge in [0.1, 0.15) is 0 Å². The van der Waals surface area contributed by atoms with E-state index in [1.165, 1.54) is 0 Å². The molecule has 0 aromatic heterocycles. The first kappa shape index (κ1) is 9.71. The van der Waals surface area contributed by atoms with E-state index in [2.05, 4.69) is 0 Å². The maximum atomic E-state index is 7.59. The number of hydrogen-bond acceptors (Lipinski definition) is 2. The molecule has 0 fully saturated rings. The van der Waals surface area contributed by atoms with Crippen LogP contribution in [-0.2, 0) is 15.0 Å². The van der Waals surface area contributed by atoms with E-state index in [1.54, 1.807) is 9.94 Å². The van der Waals surface area contributed by atoms with Gasteiger partial charge in [0, 0.05) is 29.6 Å². The quantitative estimate of drug-likeness (QED) is 0.421. The molecule has 0 saturated heterocycles. The first-order chi connectivity index (χ1) is 2.41. The van der Waals surface area contributed by atoms with Crippen LogP contribution >= 0.6 is 0 Å². The molecule has 0 aliphatic rings. The molecule has 0 spiro atoms. The molecule has 0 aliphatic carbocycles. The Labute approximate surface area is 64.6 Å². The van der Waals surface area contributed by atoms with Crippen LogP contribution in [0.15, 0.2) is 0 Å². The van der Waals surface area contributed by atoms with Gasteiger partial charge in [-0.1, -0.05) is 0 Å². The molecule has 0 rings (SSSR count). The number of nitriles is 2. The molecule has 0 saturated carbocycles. The minimum Gasteiger partial charge on any atom is 0 e. The van der Waals surface area contributed by atoms with Crippen LogP contribution in [0.25, 0.3) is 0 Å². The average Bonchev–Trinajstić information content (AvgIpc) is 1.41. The molecule has 0 aromatic carbocycles. The van der Waals surface area contributed by atoms with Crippen molar-refractivity contribution in [3.8, 4) is 9.94 Å². The van der Waals surface area contributed by atoms with Crippen molar-refractivity contribution in [2.24, 2.45) is 0 Å². The third kappa shape index (κ3) is 8.82. The zero-order chi connectivity index (χ0) is 4.12. The maximum absolute atomic E-state index is 7.59. The van der Waals surface area contributed by atoms with Crippen LogP contribution in [0, 0.1) is 20.5 Å².